The summed E-state index contributed by atoms with van der Waals surface area (Å²) in [5.41, 5.74) is 0. The third-order valence-electron chi connectivity index (χ3n) is 3.28. The molecule has 2 atom stereocenters. The van der Waals surface area contributed by atoms with Gasteiger partial charge in [-0.05, 0) is 25.3 Å². The molecule has 1 rings (SSSR count). The highest BCUT2D eigenvalue weighted by Crippen LogP contribution is 2.16. The van der Waals surface area contributed by atoms with Crippen LogP contribution in [0.25, 0.3) is 0 Å². The zero-order valence-corrected chi connectivity index (χ0v) is 11.7. The van der Waals surface area contributed by atoms with Gasteiger partial charge in [-0.2, -0.15) is 0 Å². The van der Waals surface area contributed by atoms with Crippen LogP contribution in [0.4, 0.5) is 0 Å². The predicted molar refractivity (Wildman–Crippen MR) is 70.7 cm³/mol. The summed E-state index contributed by atoms with van der Waals surface area (Å²) in [6.07, 6.45) is 2.31. The molecule has 1 heterocycles. The van der Waals surface area contributed by atoms with Crippen molar-refractivity contribution in [3.05, 3.63) is 0 Å². The molecule has 1 aliphatic heterocycles. The summed E-state index contributed by atoms with van der Waals surface area (Å²) in [5.74, 6) is -0.227. The van der Waals surface area contributed by atoms with Gasteiger partial charge in [-0.3, -0.25) is 4.79 Å². The Labute approximate surface area is 109 Å². The minimum Gasteiger partial charge on any atom is -0.480 e. The van der Waals surface area contributed by atoms with Crippen LogP contribution in [-0.4, -0.2) is 61.4 Å². The fourth-order valence-corrected chi connectivity index (χ4v) is 2.55. The number of ether oxygens (including phenoxy) is 1. The van der Waals surface area contributed by atoms with Gasteiger partial charge in [-0.15, -0.1) is 0 Å². The van der Waals surface area contributed by atoms with Gasteiger partial charge in [-0.1, -0.05) is 13.8 Å². The maximum atomic E-state index is 11.2. The summed E-state index contributed by atoms with van der Waals surface area (Å²) in [6, 6.07) is -0.294. The van der Waals surface area contributed by atoms with Crippen LogP contribution in [0.3, 0.4) is 0 Å². The van der Waals surface area contributed by atoms with Crippen LogP contribution in [0.5, 0.6) is 0 Å². The van der Waals surface area contributed by atoms with E-state index in [1.54, 1.807) is 7.11 Å². The lowest BCUT2D eigenvalue weighted by Crippen LogP contribution is -2.51. The summed E-state index contributed by atoms with van der Waals surface area (Å²) in [4.78, 5) is 13.4. The van der Waals surface area contributed by atoms with Crippen LogP contribution in [-0.2, 0) is 9.53 Å². The van der Waals surface area contributed by atoms with Gasteiger partial charge in [0.15, 0.2) is 0 Å². The third kappa shape index (κ3) is 5.33. The Bertz CT molecular complexity index is 257. The number of carbonyl (C=O) groups is 1. The summed E-state index contributed by atoms with van der Waals surface area (Å²) in [7, 11) is 1.72. The molecule has 0 saturated carbocycles. The van der Waals surface area contributed by atoms with Gasteiger partial charge in [0, 0.05) is 26.2 Å². The molecule has 0 radical (unpaired) electrons. The number of carboxylic acid groups (broad SMARTS) is 1. The topological polar surface area (TPSA) is 61.8 Å². The smallest absolute Gasteiger partial charge is 0.322 e. The Morgan fingerprint density at radius 2 is 2.28 bits per heavy atom. The number of methoxy groups -OCH3 is 1. The Hall–Kier alpha value is -0.650. The van der Waals surface area contributed by atoms with Crippen LogP contribution < -0.4 is 5.32 Å². The lowest BCUT2D eigenvalue weighted by Gasteiger charge is -2.34. The maximum absolute atomic E-state index is 11.2. The van der Waals surface area contributed by atoms with Gasteiger partial charge < -0.3 is 20.1 Å². The average molecular weight is 258 g/mol. The van der Waals surface area contributed by atoms with Crippen LogP contribution in [0.1, 0.15) is 26.7 Å². The van der Waals surface area contributed by atoms with E-state index in [1.807, 2.05) is 13.8 Å². The van der Waals surface area contributed by atoms with E-state index >= 15 is 0 Å². The molecule has 0 aromatic rings. The number of piperidine rings is 1. The lowest BCUT2D eigenvalue weighted by atomic mass is 9.98. The molecule has 106 valence electrons. The van der Waals surface area contributed by atoms with Crippen LogP contribution in [0.2, 0.25) is 0 Å². The maximum Gasteiger partial charge on any atom is 0.322 e. The number of carboxylic acids is 1. The molecule has 5 nitrogen and oxygen atoms in total. The summed E-state index contributed by atoms with van der Waals surface area (Å²) < 4.78 is 5.19. The Morgan fingerprint density at radius 3 is 2.83 bits per heavy atom. The second-order valence-electron chi connectivity index (χ2n) is 5.44. The highest BCUT2D eigenvalue weighted by atomic mass is 16.5. The molecule has 2 unspecified atom stereocenters. The predicted octanol–water partition coefficient (Wildman–Crippen LogP) is 0.796. The molecule has 1 fully saturated rings. The van der Waals surface area contributed by atoms with E-state index in [9.17, 15) is 9.90 Å². The second-order valence-corrected chi connectivity index (χ2v) is 5.44. The largest absolute Gasteiger partial charge is 0.480 e. The van der Waals surface area contributed by atoms with Gasteiger partial charge in [0.25, 0.3) is 0 Å². The van der Waals surface area contributed by atoms with Gasteiger partial charge in [0.2, 0.25) is 0 Å². The van der Waals surface area contributed by atoms with Crippen molar-refractivity contribution in [2.24, 2.45) is 5.92 Å². The molecule has 0 bridgehead atoms. The first kappa shape index (κ1) is 15.4. The minimum absolute atomic E-state index is 0.186. The quantitative estimate of drug-likeness (QED) is 0.707. The van der Waals surface area contributed by atoms with Crippen LogP contribution >= 0.6 is 0 Å². The molecule has 0 aromatic heterocycles. The molecule has 2 N–H and O–H groups in total. The van der Waals surface area contributed by atoms with Crippen molar-refractivity contribution in [2.45, 2.75) is 38.8 Å². The Kier molecular flexibility index (Phi) is 6.60. The van der Waals surface area contributed by atoms with E-state index in [2.05, 4.69) is 10.2 Å². The summed E-state index contributed by atoms with van der Waals surface area (Å²) in [5, 5.41) is 12.3. The van der Waals surface area contributed by atoms with E-state index in [-0.39, 0.29) is 6.04 Å². The SMILES string of the molecule is COCC1CCCN(CC(NC(C)C)C(=O)O)C1. The fourth-order valence-electron chi connectivity index (χ4n) is 2.55. The first-order chi connectivity index (χ1) is 8.52. The molecular weight excluding hydrogens is 232 g/mol. The van der Waals surface area contributed by atoms with Gasteiger partial charge in [0.05, 0.1) is 6.61 Å². The highest BCUT2D eigenvalue weighted by Gasteiger charge is 2.25. The molecule has 0 spiro atoms. The molecule has 0 aromatic carbocycles. The zero-order valence-electron chi connectivity index (χ0n) is 11.7. The van der Waals surface area contributed by atoms with E-state index in [1.165, 1.54) is 6.42 Å². The van der Waals surface area contributed by atoms with Gasteiger partial charge in [0.1, 0.15) is 6.04 Å². The van der Waals surface area contributed by atoms with E-state index in [0.717, 1.165) is 26.1 Å². The lowest BCUT2D eigenvalue weighted by molar-refractivity contribution is -0.140. The average Bonchev–Trinajstić information content (AvgIpc) is 2.28. The number of hydrogen-bond donors (Lipinski definition) is 2. The molecular formula is C13H26N2O3. The van der Waals surface area contributed by atoms with Crippen molar-refractivity contribution in [2.75, 3.05) is 33.4 Å². The first-order valence-corrected chi connectivity index (χ1v) is 6.73. The number of hydrogen-bond acceptors (Lipinski definition) is 4. The molecule has 1 saturated heterocycles. The minimum atomic E-state index is -0.766. The molecule has 18 heavy (non-hydrogen) atoms. The van der Waals surface area contributed by atoms with E-state index in [0.29, 0.717) is 12.5 Å². The number of nitrogens with zero attached hydrogens (tertiary/aromatic N) is 1. The Balaban J connectivity index is 2.45. The number of likely N-dealkylation sites (tertiary alicyclic amines) is 1. The van der Waals surface area contributed by atoms with Crippen molar-refractivity contribution < 1.29 is 14.6 Å². The normalized spacial score (nSPS) is 23.2. The monoisotopic (exact) mass is 258 g/mol. The first-order valence-electron chi connectivity index (χ1n) is 6.73. The zero-order chi connectivity index (χ0) is 13.5. The second kappa shape index (κ2) is 7.71. The Morgan fingerprint density at radius 1 is 1.56 bits per heavy atom. The molecule has 0 amide bonds. The standard InChI is InChI=1S/C13H26N2O3/c1-10(2)14-12(13(16)17)8-15-6-4-5-11(7-15)9-18-3/h10-12,14H,4-9H2,1-3H3,(H,16,17). The van der Waals surface area contributed by atoms with E-state index in [4.69, 9.17) is 4.74 Å². The summed E-state index contributed by atoms with van der Waals surface area (Å²) in [6.45, 7) is 7.22. The number of aliphatic carboxylic acids is 1. The molecule has 5 heteroatoms. The number of nitrogens with one attached hydrogen (secondary N) is 1. The molecule has 0 aliphatic carbocycles. The third-order valence-corrected chi connectivity index (χ3v) is 3.28. The fraction of sp³-hybridized carbons (Fsp3) is 0.923. The number of rotatable bonds is 7. The van der Waals surface area contributed by atoms with Crippen molar-refractivity contribution in [1.29, 1.82) is 0 Å². The molecule has 1 aliphatic rings. The van der Waals surface area contributed by atoms with Gasteiger partial charge in [-0.25, -0.2) is 0 Å². The van der Waals surface area contributed by atoms with Crippen molar-refractivity contribution in [3.8, 4) is 0 Å². The summed E-state index contributed by atoms with van der Waals surface area (Å²) >= 11 is 0. The highest BCUT2D eigenvalue weighted by molar-refractivity contribution is 5.73. The van der Waals surface area contributed by atoms with Crippen molar-refractivity contribution in [3.63, 3.8) is 0 Å². The van der Waals surface area contributed by atoms with E-state index < -0.39 is 12.0 Å². The van der Waals surface area contributed by atoms with Crippen LogP contribution in [0, 0.1) is 5.92 Å². The van der Waals surface area contributed by atoms with Crippen molar-refractivity contribution in [1.82, 2.24) is 10.2 Å². The van der Waals surface area contributed by atoms with Crippen molar-refractivity contribution >= 4 is 5.97 Å². The van der Waals surface area contributed by atoms with Gasteiger partial charge >= 0.3 is 5.97 Å². The van der Waals surface area contributed by atoms with Crippen LogP contribution in [0.15, 0.2) is 0 Å².